The number of nitrogens with two attached hydrogens (primary N) is 1. The van der Waals surface area contributed by atoms with Gasteiger partial charge in [0.2, 0.25) is 5.91 Å². The van der Waals surface area contributed by atoms with Crippen LogP contribution in [0.25, 0.3) is 0 Å². The predicted molar refractivity (Wildman–Crippen MR) is 66.5 cm³/mol. The Hall–Kier alpha value is -1.56. The van der Waals surface area contributed by atoms with Crippen molar-refractivity contribution in [1.29, 1.82) is 0 Å². The minimum Gasteiger partial charge on any atom is -0.332 e. The Morgan fingerprint density at radius 1 is 1.32 bits per heavy atom. The van der Waals surface area contributed by atoms with Crippen LogP contribution in [0.2, 0.25) is 0 Å². The largest absolute Gasteiger partial charge is 0.406 e. The van der Waals surface area contributed by atoms with Gasteiger partial charge in [-0.25, -0.2) is 0 Å². The molecule has 0 fully saturated rings. The fourth-order valence-corrected chi connectivity index (χ4v) is 1.80. The Morgan fingerprint density at radius 2 is 1.89 bits per heavy atom. The Balaban J connectivity index is 2.82. The first-order valence-electron chi connectivity index (χ1n) is 5.95. The van der Waals surface area contributed by atoms with Gasteiger partial charge < -0.3 is 10.6 Å². The normalized spacial score (nSPS) is 13.1. The van der Waals surface area contributed by atoms with Gasteiger partial charge >= 0.3 is 6.18 Å². The van der Waals surface area contributed by atoms with Gasteiger partial charge in [0.1, 0.15) is 6.54 Å². The van der Waals surface area contributed by atoms with E-state index in [1.165, 1.54) is 0 Å². The third kappa shape index (κ3) is 4.90. The number of halogens is 3. The zero-order valence-corrected chi connectivity index (χ0v) is 10.7. The van der Waals surface area contributed by atoms with Crippen LogP contribution < -0.4 is 5.73 Å². The molecular formula is C13H17F3N2O. The summed E-state index contributed by atoms with van der Waals surface area (Å²) in [5.41, 5.74) is 5.96. The van der Waals surface area contributed by atoms with Gasteiger partial charge in [0.15, 0.2) is 0 Å². The zero-order valence-electron chi connectivity index (χ0n) is 10.7. The Morgan fingerprint density at radius 3 is 2.37 bits per heavy atom. The molecule has 0 aliphatic heterocycles. The summed E-state index contributed by atoms with van der Waals surface area (Å²) in [7, 11) is 0. The predicted octanol–water partition coefficient (Wildman–Crippen LogP) is 2.14. The lowest BCUT2D eigenvalue weighted by atomic mass is 10.00. The highest BCUT2D eigenvalue weighted by molar-refractivity contribution is 5.83. The molecule has 19 heavy (non-hydrogen) atoms. The van der Waals surface area contributed by atoms with Crippen molar-refractivity contribution in [3.63, 3.8) is 0 Å². The van der Waals surface area contributed by atoms with E-state index < -0.39 is 24.5 Å². The molecule has 1 atom stereocenters. The van der Waals surface area contributed by atoms with Crippen LogP contribution in [-0.4, -0.2) is 36.6 Å². The summed E-state index contributed by atoms with van der Waals surface area (Å²) in [6.45, 7) is 0.233. The Bertz CT molecular complexity index is 406. The van der Waals surface area contributed by atoms with Gasteiger partial charge in [0.05, 0.1) is 5.92 Å². The first kappa shape index (κ1) is 15.5. The summed E-state index contributed by atoms with van der Waals surface area (Å²) in [5.74, 6) is -1.18. The minimum atomic E-state index is -4.42. The fraction of sp³-hybridized carbons (Fsp3) is 0.462. The number of amides is 1. The van der Waals surface area contributed by atoms with Crippen LogP contribution in [0, 0.1) is 0 Å². The molecule has 0 aromatic heterocycles. The van der Waals surface area contributed by atoms with E-state index in [4.69, 9.17) is 5.73 Å². The number of carbonyl (C=O) groups is 1. The molecule has 6 heteroatoms. The molecule has 3 nitrogen and oxygen atoms in total. The second kappa shape index (κ2) is 6.56. The van der Waals surface area contributed by atoms with E-state index >= 15 is 0 Å². The molecule has 0 saturated heterocycles. The summed E-state index contributed by atoms with van der Waals surface area (Å²) < 4.78 is 37.3. The SMILES string of the molecule is CC(C(=O)N(CCN)CC(F)(F)F)c1ccccc1. The number of carbonyl (C=O) groups excluding carboxylic acids is 1. The minimum absolute atomic E-state index is 0.00330. The second-order valence-corrected chi connectivity index (χ2v) is 4.30. The fourth-order valence-electron chi connectivity index (χ4n) is 1.80. The van der Waals surface area contributed by atoms with Crippen molar-refractivity contribution in [2.45, 2.75) is 19.0 Å². The standard InChI is InChI=1S/C13H17F3N2O/c1-10(11-5-3-2-4-6-11)12(19)18(8-7-17)9-13(14,15)16/h2-6,10H,7-9,17H2,1H3. The summed E-state index contributed by atoms with van der Waals surface area (Å²) in [5, 5.41) is 0. The number of rotatable bonds is 5. The second-order valence-electron chi connectivity index (χ2n) is 4.30. The molecule has 0 bridgehead atoms. The van der Waals surface area contributed by atoms with Crippen LogP contribution in [0.1, 0.15) is 18.4 Å². The molecule has 1 aromatic rings. The maximum Gasteiger partial charge on any atom is 0.406 e. The topological polar surface area (TPSA) is 46.3 Å². The van der Waals surface area contributed by atoms with Crippen molar-refractivity contribution in [2.24, 2.45) is 5.73 Å². The third-order valence-corrected chi connectivity index (χ3v) is 2.75. The highest BCUT2D eigenvalue weighted by Crippen LogP contribution is 2.21. The number of hydrogen-bond acceptors (Lipinski definition) is 2. The zero-order chi connectivity index (χ0) is 14.5. The number of alkyl halides is 3. The third-order valence-electron chi connectivity index (χ3n) is 2.75. The lowest BCUT2D eigenvalue weighted by molar-refractivity contribution is -0.161. The van der Waals surface area contributed by atoms with Crippen molar-refractivity contribution in [3.8, 4) is 0 Å². The van der Waals surface area contributed by atoms with Crippen LogP contribution in [0.5, 0.6) is 0 Å². The molecular weight excluding hydrogens is 257 g/mol. The molecule has 0 saturated carbocycles. The van der Waals surface area contributed by atoms with Crippen LogP contribution >= 0.6 is 0 Å². The van der Waals surface area contributed by atoms with Crippen molar-refractivity contribution in [1.82, 2.24) is 4.90 Å². The van der Waals surface area contributed by atoms with Gasteiger partial charge in [-0.05, 0) is 12.5 Å². The lowest BCUT2D eigenvalue weighted by Crippen LogP contribution is -2.43. The van der Waals surface area contributed by atoms with E-state index in [2.05, 4.69) is 0 Å². The van der Waals surface area contributed by atoms with Crippen molar-refractivity contribution in [3.05, 3.63) is 35.9 Å². The summed E-state index contributed by atoms with van der Waals surface area (Å²) in [4.78, 5) is 12.8. The van der Waals surface area contributed by atoms with Crippen molar-refractivity contribution >= 4 is 5.91 Å². The number of nitrogens with zero attached hydrogens (tertiary/aromatic N) is 1. The van der Waals surface area contributed by atoms with Gasteiger partial charge in [0.25, 0.3) is 0 Å². The monoisotopic (exact) mass is 274 g/mol. The van der Waals surface area contributed by atoms with Crippen LogP contribution in [0.4, 0.5) is 13.2 Å². The van der Waals surface area contributed by atoms with Crippen LogP contribution in [-0.2, 0) is 4.79 Å². The average Bonchev–Trinajstić information content (AvgIpc) is 2.36. The number of benzene rings is 1. The van der Waals surface area contributed by atoms with E-state index in [1.54, 1.807) is 37.3 Å². The molecule has 2 N–H and O–H groups in total. The summed E-state index contributed by atoms with van der Waals surface area (Å²) >= 11 is 0. The first-order valence-corrected chi connectivity index (χ1v) is 5.95. The average molecular weight is 274 g/mol. The molecule has 106 valence electrons. The lowest BCUT2D eigenvalue weighted by Gasteiger charge is -2.26. The highest BCUT2D eigenvalue weighted by atomic mass is 19.4. The van der Waals surface area contributed by atoms with E-state index in [0.717, 1.165) is 4.90 Å². The Labute approximate surface area is 110 Å². The maximum atomic E-state index is 12.4. The smallest absolute Gasteiger partial charge is 0.332 e. The molecule has 1 aromatic carbocycles. The van der Waals surface area contributed by atoms with E-state index in [9.17, 15) is 18.0 Å². The van der Waals surface area contributed by atoms with E-state index in [0.29, 0.717) is 5.56 Å². The van der Waals surface area contributed by atoms with Crippen molar-refractivity contribution in [2.75, 3.05) is 19.6 Å². The molecule has 0 heterocycles. The van der Waals surface area contributed by atoms with Crippen LogP contribution in [0.15, 0.2) is 30.3 Å². The first-order chi connectivity index (χ1) is 8.85. The van der Waals surface area contributed by atoms with Crippen molar-refractivity contribution < 1.29 is 18.0 Å². The van der Waals surface area contributed by atoms with E-state index in [-0.39, 0.29) is 13.1 Å². The molecule has 0 aliphatic carbocycles. The van der Waals surface area contributed by atoms with Gasteiger partial charge in [-0.1, -0.05) is 30.3 Å². The molecule has 1 unspecified atom stereocenters. The molecule has 0 radical (unpaired) electrons. The quantitative estimate of drug-likeness (QED) is 0.894. The molecule has 1 rings (SSSR count). The molecule has 0 spiro atoms. The summed E-state index contributed by atoms with van der Waals surface area (Å²) in [6, 6.07) is 8.72. The molecule has 1 amide bonds. The number of hydrogen-bond donors (Lipinski definition) is 1. The summed E-state index contributed by atoms with van der Waals surface area (Å²) in [6.07, 6.45) is -4.42. The van der Waals surface area contributed by atoms with Gasteiger partial charge in [-0.3, -0.25) is 4.79 Å². The molecule has 0 aliphatic rings. The highest BCUT2D eigenvalue weighted by Gasteiger charge is 2.34. The van der Waals surface area contributed by atoms with E-state index in [1.807, 2.05) is 0 Å². The van der Waals surface area contributed by atoms with Gasteiger partial charge in [-0.15, -0.1) is 0 Å². The van der Waals surface area contributed by atoms with Crippen LogP contribution in [0.3, 0.4) is 0 Å². The van der Waals surface area contributed by atoms with Gasteiger partial charge in [0, 0.05) is 13.1 Å². The van der Waals surface area contributed by atoms with Gasteiger partial charge in [-0.2, -0.15) is 13.2 Å². The Kier molecular flexibility index (Phi) is 5.35. The maximum absolute atomic E-state index is 12.4.